The largest absolute Gasteiger partial charge is 0.350 e. The van der Waals surface area contributed by atoms with Crippen molar-refractivity contribution in [1.29, 1.82) is 0 Å². The van der Waals surface area contributed by atoms with Gasteiger partial charge in [-0.3, -0.25) is 9.69 Å². The standard InChI is InChI=1S/C18H28N2O/c1-3-17-11-7-8-13-20(17)14-12-18(21)19-15(2)16-9-5-4-6-10-16/h4-6,9-10,15,17H,3,7-8,11-14H2,1-2H3,(H,19,21). The van der Waals surface area contributed by atoms with Crippen molar-refractivity contribution in [3.8, 4) is 0 Å². The van der Waals surface area contributed by atoms with E-state index < -0.39 is 0 Å². The maximum Gasteiger partial charge on any atom is 0.221 e. The maximum atomic E-state index is 12.1. The van der Waals surface area contributed by atoms with Gasteiger partial charge in [0.25, 0.3) is 0 Å². The zero-order valence-electron chi connectivity index (χ0n) is 13.3. The molecule has 3 heteroatoms. The molecule has 1 heterocycles. The molecule has 0 bridgehead atoms. The van der Waals surface area contributed by atoms with Crippen molar-refractivity contribution in [2.45, 2.75) is 58.0 Å². The lowest BCUT2D eigenvalue weighted by Crippen LogP contribution is -2.41. The lowest BCUT2D eigenvalue weighted by Gasteiger charge is -2.35. The Labute approximate surface area is 128 Å². The Hall–Kier alpha value is -1.35. The van der Waals surface area contributed by atoms with E-state index in [-0.39, 0.29) is 11.9 Å². The lowest BCUT2D eigenvalue weighted by molar-refractivity contribution is -0.122. The van der Waals surface area contributed by atoms with Gasteiger partial charge in [-0.15, -0.1) is 0 Å². The Morgan fingerprint density at radius 2 is 2.10 bits per heavy atom. The van der Waals surface area contributed by atoms with Gasteiger partial charge in [0, 0.05) is 19.0 Å². The molecule has 21 heavy (non-hydrogen) atoms. The number of nitrogens with one attached hydrogen (secondary N) is 1. The third-order valence-corrected chi connectivity index (χ3v) is 4.52. The van der Waals surface area contributed by atoms with Crippen molar-refractivity contribution >= 4 is 5.91 Å². The van der Waals surface area contributed by atoms with Gasteiger partial charge < -0.3 is 5.32 Å². The molecule has 1 aliphatic rings. The first-order chi connectivity index (χ1) is 10.2. The van der Waals surface area contributed by atoms with Crippen LogP contribution in [0.3, 0.4) is 0 Å². The van der Waals surface area contributed by atoms with Gasteiger partial charge in [-0.2, -0.15) is 0 Å². The molecule has 2 unspecified atom stereocenters. The highest BCUT2D eigenvalue weighted by Crippen LogP contribution is 2.19. The highest BCUT2D eigenvalue weighted by atomic mass is 16.1. The number of piperidine rings is 1. The number of rotatable bonds is 6. The minimum Gasteiger partial charge on any atom is -0.350 e. The van der Waals surface area contributed by atoms with Crippen molar-refractivity contribution in [3.05, 3.63) is 35.9 Å². The monoisotopic (exact) mass is 288 g/mol. The van der Waals surface area contributed by atoms with Crippen LogP contribution in [0.5, 0.6) is 0 Å². The van der Waals surface area contributed by atoms with E-state index in [1.165, 1.54) is 25.7 Å². The number of carbonyl (C=O) groups excluding carboxylic acids is 1. The number of benzene rings is 1. The summed E-state index contributed by atoms with van der Waals surface area (Å²) in [6.07, 6.45) is 5.71. The SMILES string of the molecule is CCC1CCCCN1CCC(=O)NC(C)c1ccccc1. The van der Waals surface area contributed by atoms with E-state index in [4.69, 9.17) is 0 Å². The molecule has 1 amide bonds. The van der Waals surface area contributed by atoms with Crippen LogP contribution in [0.15, 0.2) is 30.3 Å². The van der Waals surface area contributed by atoms with E-state index in [2.05, 4.69) is 29.3 Å². The average Bonchev–Trinajstić information content (AvgIpc) is 2.54. The van der Waals surface area contributed by atoms with Gasteiger partial charge in [0.05, 0.1) is 6.04 Å². The van der Waals surface area contributed by atoms with Crippen molar-refractivity contribution in [1.82, 2.24) is 10.2 Å². The second-order valence-electron chi connectivity index (χ2n) is 6.04. The molecule has 0 aromatic heterocycles. The van der Waals surface area contributed by atoms with Crippen LogP contribution in [0, 0.1) is 0 Å². The first kappa shape index (κ1) is 16.0. The molecule has 1 fully saturated rings. The van der Waals surface area contributed by atoms with Gasteiger partial charge in [0.15, 0.2) is 0 Å². The highest BCUT2D eigenvalue weighted by molar-refractivity contribution is 5.76. The normalized spacial score (nSPS) is 21.0. The molecule has 3 nitrogen and oxygen atoms in total. The summed E-state index contributed by atoms with van der Waals surface area (Å²) in [6, 6.07) is 10.9. The molecule has 0 spiro atoms. The zero-order chi connectivity index (χ0) is 15.1. The molecule has 1 N–H and O–H groups in total. The van der Waals surface area contributed by atoms with Gasteiger partial charge in [-0.1, -0.05) is 43.7 Å². The van der Waals surface area contributed by atoms with Crippen LogP contribution in [0.25, 0.3) is 0 Å². The summed E-state index contributed by atoms with van der Waals surface area (Å²) >= 11 is 0. The molecule has 1 aromatic rings. The third kappa shape index (κ3) is 4.85. The van der Waals surface area contributed by atoms with E-state index in [0.717, 1.165) is 18.7 Å². The molecular formula is C18H28N2O. The molecule has 116 valence electrons. The van der Waals surface area contributed by atoms with E-state index in [1.807, 2.05) is 25.1 Å². The summed E-state index contributed by atoms with van der Waals surface area (Å²) in [5.41, 5.74) is 1.16. The predicted octanol–water partition coefficient (Wildman–Crippen LogP) is 3.52. The number of hydrogen-bond donors (Lipinski definition) is 1. The molecule has 2 rings (SSSR count). The van der Waals surface area contributed by atoms with Gasteiger partial charge in [-0.05, 0) is 38.3 Å². The summed E-state index contributed by atoms with van der Waals surface area (Å²) in [5, 5.41) is 3.10. The van der Waals surface area contributed by atoms with Crippen LogP contribution in [-0.4, -0.2) is 29.9 Å². The summed E-state index contributed by atoms with van der Waals surface area (Å²) < 4.78 is 0. The predicted molar refractivity (Wildman–Crippen MR) is 87.1 cm³/mol. The number of likely N-dealkylation sites (tertiary alicyclic amines) is 1. The van der Waals surface area contributed by atoms with Gasteiger partial charge in [0.1, 0.15) is 0 Å². The van der Waals surface area contributed by atoms with Gasteiger partial charge >= 0.3 is 0 Å². The van der Waals surface area contributed by atoms with Gasteiger partial charge in [0.2, 0.25) is 5.91 Å². The topological polar surface area (TPSA) is 32.3 Å². The fourth-order valence-corrected chi connectivity index (χ4v) is 3.20. The van der Waals surface area contributed by atoms with E-state index in [9.17, 15) is 4.79 Å². The molecule has 0 aliphatic carbocycles. The molecule has 0 saturated carbocycles. The van der Waals surface area contributed by atoms with Crippen molar-refractivity contribution in [2.24, 2.45) is 0 Å². The van der Waals surface area contributed by atoms with Crippen LogP contribution in [0.2, 0.25) is 0 Å². The second kappa shape index (κ2) is 8.18. The van der Waals surface area contributed by atoms with Crippen molar-refractivity contribution in [3.63, 3.8) is 0 Å². The summed E-state index contributed by atoms with van der Waals surface area (Å²) in [4.78, 5) is 14.6. The highest BCUT2D eigenvalue weighted by Gasteiger charge is 2.21. The quantitative estimate of drug-likeness (QED) is 0.868. The molecular weight excluding hydrogens is 260 g/mol. The first-order valence-corrected chi connectivity index (χ1v) is 8.29. The van der Waals surface area contributed by atoms with Crippen molar-refractivity contribution < 1.29 is 4.79 Å². The molecule has 2 atom stereocenters. The third-order valence-electron chi connectivity index (χ3n) is 4.52. The van der Waals surface area contributed by atoms with Crippen LogP contribution in [-0.2, 0) is 4.79 Å². The first-order valence-electron chi connectivity index (χ1n) is 8.29. The lowest BCUT2D eigenvalue weighted by atomic mass is 10.00. The Morgan fingerprint density at radius 3 is 2.81 bits per heavy atom. The Balaban J connectivity index is 1.76. The maximum absolute atomic E-state index is 12.1. The molecule has 1 saturated heterocycles. The van der Waals surface area contributed by atoms with Gasteiger partial charge in [-0.25, -0.2) is 0 Å². The van der Waals surface area contributed by atoms with Crippen LogP contribution in [0.1, 0.15) is 57.6 Å². The zero-order valence-corrected chi connectivity index (χ0v) is 13.3. The fraction of sp³-hybridized carbons (Fsp3) is 0.611. The molecule has 0 radical (unpaired) electrons. The van der Waals surface area contributed by atoms with E-state index in [1.54, 1.807) is 0 Å². The Morgan fingerprint density at radius 1 is 1.33 bits per heavy atom. The van der Waals surface area contributed by atoms with Crippen molar-refractivity contribution in [2.75, 3.05) is 13.1 Å². The van der Waals surface area contributed by atoms with E-state index in [0.29, 0.717) is 12.5 Å². The Kier molecular flexibility index (Phi) is 6.24. The second-order valence-corrected chi connectivity index (χ2v) is 6.04. The van der Waals surface area contributed by atoms with Crippen LogP contribution >= 0.6 is 0 Å². The molecule has 1 aliphatic heterocycles. The summed E-state index contributed by atoms with van der Waals surface area (Å²) in [6.45, 7) is 6.34. The smallest absolute Gasteiger partial charge is 0.221 e. The average molecular weight is 288 g/mol. The fourth-order valence-electron chi connectivity index (χ4n) is 3.20. The Bertz CT molecular complexity index is 432. The van der Waals surface area contributed by atoms with Crippen LogP contribution in [0.4, 0.5) is 0 Å². The number of carbonyl (C=O) groups is 1. The summed E-state index contributed by atoms with van der Waals surface area (Å²) in [5.74, 6) is 0.159. The molecule has 1 aromatic carbocycles. The number of hydrogen-bond acceptors (Lipinski definition) is 2. The minimum absolute atomic E-state index is 0.0852. The number of nitrogens with zero attached hydrogens (tertiary/aromatic N) is 1. The van der Waals surface area contributed by atoms with E-state index >= 15 is 0 Å². The van der Waals surface area contributed by atoms with Crippen LogP contribution < -0.4 is 5.32 Å². The number of amides is 1. The summed E-state index contributed by atoms with van der Waals surface area (Å²) in [7, 11) is 0. The minimum atomic E-state index is 0.0852.